The largest absolute Gasteiger partial charge is 0.454 e. The molecule has 1 aromatic rings. The highest BCUT2D eigenvalue weighted by atomic mass is 16.4. The van der Waals surface area contributed by atoms with Gasteiger partial charge in [-0.25, -0.2) is 4.79 Å². The summed E-state index contributed by atoms with van der Waals surface area (Å²) < 4.78 is 5.30. The number of primary amides is 1. The molecule has 0 atom stereocenters. The Morgan fingerprint density at radius 3 is 2.30 bits per heavy atom. The summed E-state index contributed by atoms with van der Waals surface area (Å²) in [5.41, 5.74) is 5.16. The number of hydrogen-bond acceptors (Lipinski definition) is 3. The highest BCUT2D eigenvalue weighted by molar-refractivity contribution is 5.89. The first kappa shape index (κ1) is 15.9. The van der Waals surface area contributed by atoms with Crippen LogP contribution in [0.25, 0.3) is 0 Å². The van der Waals surface area contributed by atoms with Gasteiger partial charge < -0.3 is 20.4 Å². The summed E-state index contributed by atoms with van der Waals surface area (Å²) in [6.07, 6.45) is 6.79. The maximum Gasteiger partial charge on any atom is 0.318 e. The monoisotopic (exact) mass is 319 g/mol. The number of nitrogens with zero attached hydrogens (tertiary/aromatic N) is 1. The maximum atomic E-state index is 12.6. The Bertz CT molecular complexity index is 571. The van der Waals surface area contributed by atoms with Crippen LogP contribution >= 0.6 is 0 Å². The molecule has 6 nitrogen and oxygen atoms in total. The SMILES string of the molecule is CC1CCC(N(C(=O)NCc2ccc(C(N)=O)o2)C2CC2)CC1. The van der Waals surface area contributed by atoms with Gasteiger partial charge in [0, 0.05) is 12.1 Å². The van der Waals surface area contributed by atoms with Crippen LogP contribution in [0, 0.1) is 5.92 Å². The number of furan rings is 1. The van der Waals surface area contributed by atoms with Crippen molar-refractivity contribution in [2.45, 2.75) is 64.1 Å². The molecule has 0 saturated heterocycles. The molecule has 0 bridgehead atoms. The smallest absolute Gasteiger partial charge is 0.318 e. The number of urea groups is 1. The lowest BCUT2D eigenvalue weighted by Crippen LogP contribution is -2.48. The number of nitrogens with two attached hydrogens (primary N) is 1. The minimum Gasteiger partial charge on any atom is -0.454 e. The van der Waals surface area contributed by atoms with Gasteiger partial charge in [-0.05, 0) is 56.6 Å². The molecule has 1 aromatic heterocycles. The van der Waals surface area contributed by atoms with Crippen molar-refractivity contribution in [1.29, 1.82) is 0 Å². The Morgan fingerprint density at radius 2 is 1.78 bits per heavy atom. The predicted octanol–water partition coefficient (Wildman–Crippen LogP) is 2.63. The summed E-state index contributed by atoms with van der Waals surface area (Å²) in [7, 11) is 0. The van der Waals surface area contributed by atoms with Gasteiger partial charge in [-0.3, -0.25) is 4.79 Å². The van der Waals surface area contributed by atoms with Gasteiger partial charge in [0.15, 0.2) is 5.76 Å². The lowest BCUT2D eigenvalue weighted by Gasteiger charge is -2.36. The van der Waals surface area contributed by atoms with E-state index in [1.54, 1.807) is 6.07 Å². The third-order valence-electron chi connectivity index (χ3n) is 4.87. The van der Waals surface area contributed by atoms with Gasteiger partial charge in [0.2, 0.25) is 0 Å². The topological polar surface area (TPSA) is 88.6 Å². The van der Waals surface area contributed by atoms with Crippen molar-refractivity contribution in [3.8, 4) is 0 Å². The Labute approximate surface area is 136 Å². The van der Waals surface area contributed by atoms with Gasteiger partial charge in [-0.15, -0.1) is 0 Å². The van der Waals surface area contributed by atoms with E-state index in [4.69, 9.17) is 10.2 Å². The molecule has 2 aliphatic rings. The molecule has 126 valence electrons. The summed E-state index contributed by atoms with van der Waals surface area (Å²) in [5, 5.41) is 2.92. The number of carbonyl (C=O) groups excluding carboxylic acids is 2. The van der Waals surface area contributed by atoms with Gasteiger partial charge >= 0.3 is 6.03 Å². The highest BCUT2D eigenvalue weighted by Crippen LogP contribution is 2.35. The summed E-state index contributed by atoms with van der Waals surface area (Å²) in [4.78, 5) is 25.7. The van der Waals surface area contributed by atoms with E-state index in [1.165, 1.54) is 18.9 Å². The zero-order valence-corrected chi connectivity index (χ0v) is 13.6. The fraction of sp³-hybridized carbons (Fsp3) is 0.647. The molecule has 6 heteroatoms. The minimum absolute atomic E-state index is 0.0240. The van der Waals surface area contributed by atoms with Crippen molar-refractivity contribution in [3.63, 3.8) is 0 Å². The molecule has 2 fully saturated rings. The first-order chi connectivity index (χ1) is 11.0. The number of carbonyl (C=O) groups is 2. The average Bonchev–Trinajstić information content (AvgIpc) is 3.23. The van der Waals surface area contributed by atoms with E-state index < -0.39 is 5.91 Å². The van der Waals surface area contributed by atoms with Gasteiger partial charge in [-0.2, -0.15) is 0 Å². The molecule has 3 N–H and O–H groups in total. The molecule has 0 aromatic carbocycles. The number of nitrogens with one attached hydrogen (secondary N) is 1. The Balaban J connectivity index is 1.57. The van der Waals surface area contributed by atoms with E-state index in [0.717, 1.165) is 31.6 Å². The average molecular weight is 319 g/mol. The van der Waals surface area contributed by atoms with Crippen molar-refractivity contribution in [1.82, 2.24) is 10.2 Å². The second kappa shape index (κ2) is 6.64. The predicted molar refractivity (Wildman–Crippen MR) is 85.7 cm³/mol. The van der Waals surface area contributed by atoms with Crippen LogP contribution in [-0.2, 0) is 6.54 Å². The standard InChI is InChI=1S/C17H25N3O3/c1-11-2-4-12(5-3-11)20(13-6-7-13)17(22)19-10-14-8-9-15(23-14)16(18)21/h8-9,11-13H,2-7,10H2,1H3,(H2,18,21)(H,19,22). The lowest BCUT2D eigenvalue weighted by atomic mass is 9.86. The minimum atomic E-state index is -0.599. The molecule has 3 rings (SSSR count). The summed E-state index contributed by atoms with van der Waals surface area (Å²) in [6.45, 7) is 2.56. The molecule has 0 radical (unpaired) electrons. The van der Waals surface area contributed by atoms with Crippen LogP contribution in [0.3, 0.4) is 0 Å². The van der Waals surface area contributed by atoms with Crippen LogP contribution in [0.4, 0.5) is 4.79 Å². The first-order valence-electron chi connectivity index (χ1n) is 8.49. The second-order valence-electron chi connectivity index (χ2n) is 6.84. The van der Waals surface area contributed by atoms with Crippen molar-refractivity contribution >= 4 is 11.9 Å². The quantitative estimate of drug-likeness (QED) is 0.874. The van der Waals surface area contributed by atoms with Gasteiger partial charge in [0.05, 0.1) is 6.54 Å². The molecule has 1 heterocycles. The van der Waals surface area contributed by atoms with E-state index >= 15 is 0 Å². The summed E-state index contributed by atoms with van der Waals surface area (Å²) in [6, 6.07) is 3.93. The van der Waals surface area contributed by atoms with Gasteiger partial charge in [-0.1, -0.05) is 6.92 Å². The highest BCUT2D eigenvalue weighted by Gasteiger charge is 2.38. The molecule has 2 aliphatic carbocycles. The van der Waals surface area contributed by atoms with Crippen LogP contribution in [0.1, 0.15) is 61.8 Å². The third kappa shape index (κ3) is 3.86. The van der Waals surface area contributed by atoms with Crippen LogP contribution in [0.15, 0.2) is 16.5 Å². The van der Waals surface area contributed by atoms with Gasteiger partial charge in [0.25, 0.3) is 5.91 Å². The number of rotatable bonds is 5. The van der Waals surface area contributed by atoms with Crippen molar-refractivity contribution in [2.24, 2.45) is 11.7 Å². The Hall–Kier alpha value is -1.98. The summed E-state index contributed by atoms with van der Waals surface area (Å²) in [5.74, 6) is 0.832. The molecule has 2 saturated carbocycles. The van der Waals surface area contributed by atoms with Crippen LogP contribution in [0.2, 0.25) is 0 Å². The van der Waals surface area contributed by atoms with E-state index in [9.17, 15) is 9.59 Å². The Morgan fingerprint density at radius 1 is 1.17 bits per heavy atom. The first-order valence-corrected chi connectivity index (χ1v) is 8.49. The molecule has 0 spiro atoms. The maximum absolute atomic E-state index is 12.6. The third-order valence-corrected chi connectivity index (χ3v) is 4.87. The van der Waals surface area contributed by atoms with E-state index in [-0.39, 0.29) is 18.3 Å². The van der Waals surface area contributed by atoms with Crippen LogP contribution in [0.5, 0.6) is 0 Å². The van der Waals surface area contributed by atoms with Crippen LogP contribution in [-0.4, -0.2) is 28.9 Å². The molecule has 3 amide bonds. The molecular weight excluding hydrogens is 294 g/mol. The molecular formula is C17H25N3O3. The fourth-order valence-corrected chi connectivity index (χ4v) is 3.36. The molecule has 23 heavy (non-hydrogen) atoms. The summed E-state index contributed by atoms with van der Waals surface area (Å²) >= 11 is 0. The zero-order valence-electron chi connectivity index (χ0n) is 13.6. The van der Waals surface area contributed by atoms with E-state index in [0.29, 0.717) is 17.8 Å². The Kier molecular flexibility index (Phi) is 4.59. The van der Waals surface area contributed by atoms with Crippen molar-refractivity contribution in [2.75, 3.05) is 0 Å². The normalized spacial score (nSPS) is 24.2. The van der Waals surface area contributed by atoms with Crippen molar-refractivity contribution in [3.05, 3.63) is 23.7 Å². The van der Waals surface area contributed by atoms with E-state index in [1.807, 2.05) is 4.90 Å². The number of hydrogen-bond donors (Lipinski definition) is 2. The van der Waals surface area contributed by atoms with E-state index in [2.05, 4.69) is 12.2 Å². The van der Waals surface area contributed by atoms with Crippen molar-refractivity contribution < 1.29 is 14.0 Å². The second-order valence-corrected chi connectivity index (χ2v) is 6.84. The zero-order chi connectivity index (χ0) is 16.4. The lowest BCUT2D eigenvalue weighted by molar-refractivity contribution is 0.0972. The molecule has 0 aliphatic heterocycles. The molecule has 0 unspecified atom stereocenters. The fourth-order valence-electron chi connectivity index (χ4n) is 3.36. The van der Waals surface area contributed by atoms with Gasteiger partial charge in [0.1, 0.15) is 5.76 Å². The number of amides is 3. The van der Waals surface area contributed by atoms with Crippen LogP contribution < -0.4 is 11.1 Å².